The number of hydrogen-bond donors (Lipinski definition) is 1. The molecule has 26 heavy (non-hydrogen) atoms. The number of imide groups is 1. The number of nitrogens with one attached hydrogen (secondary N) is 1. The summed E-state index contributed by atoms with van der Waals surface area (Å²) in [5.41, 5.74) is -0.244. The molecule has 0 radical (unpaired) electrons. The first-order valence-corrected chi connectivity index (χ1v) is 7.36. The molecule has 3 rings (SSSR count). The van der Waals surface area contributed by atoms with Crippen LogP contribution in [-0.2, 0) is 4.79 Å². The molecular formula is C17H10N4O5. The Morgan fingerprint density at radius 3 is 2.62 bits per heavy atom. The monoisotopic (exact) mass is 350 g/mol. The van der Waals surface area contributed by atoms with Crippen molar-refractivity contribution in [1.29, 1.82) is 5.26 Å². The zero-order valence-corrected chi connectivity index (χ0v) is 13.1. The molecule has 0 saturated heterocycles. The van der Waals surface area contributed by atoms with Crippen LogP contribution >= 0.6 is 0 Å². The highest BCUT2D eigenvalue weighted by Crippen LogP contribution is 2.30. The van der Waals surface area contributed by atoms with Crippen LogP contribution in [0.5, 0.6) is 0 Å². The maximum Gasteiger partial charge on any atom is 0.282 e. The maximum atomic E-state index is 12.4. The first kappa shape index (κ1) is 16.8. The molecule has 0 bridgehead atoms. The van der Waals surface area contributed by atoms with Crippen LogP contribution in [0.4, 0.5) is 11.4 Å². The molecule has 0 fully saturated rings. The number of fused-ring (bicyclic) bond motifs is 1. The highest BCUT2D eigenvalue weighted by molar-refractivity contribution is 6.24. The summed E-state index contributed by atoms with van der Waals surface area (Å²) >= 11 is 0. The summed E-state index contributed by atoms with van der Waals surface area (Å²) in [4.78, 5) is 47.8. The lowest BCUT2D eigenvalue weighted by Crippen LogP contribution is -2.37. The van der Waals surface area contributed by atoms with Crippen LogP contribution < -0.4 is 5.32 Å². The summed E-state index contributed by atoms with van der Waals surface area (Å²) < 4.78 is 0. The summed E-state index contributed by atoms with van der Waals surface area (Å²) in [7, 11) is 0. The molecule has 2 aromatic carbocycles. The molecule has 0 saturated carbocycles. The van der Waals surface area contributed by atoms with Gasteiger partial charge in [-0.15, -0.1) is 0 Å². The minimum atomic E-state index is -0.891. The highest BCUT2D eigenvalue weighted by Gasteiger charge is 2.41. The van der Waals surface area contributed by atoms with Gasteiger partial charge >= 0.3 is 0 Å². The van der Waals surface area contributed by atoms with Crippen molar-refractivity contribution in [3.8, 4) is 6.07 Å². The van der Waals surface area contributed by atoms with Gasteiger partial charge in [0.05, 0.1) is 22.1 Å². The average molecular weight is 350 g/mol. The largest absolute Gasteiger partial charge is 0.324 e. The normalized spacial score (nSPS) is 12.5. The van der Waals surface area contributed by atoms with E-state index in [9.17, 15) is 24.5 Å². The average Bonchev–Trinajstić information content (AvgIpc) is 2.86. The molecule has 1 N–H and O–H groups in total. The van der Waals surface area contributed by atoms with Gasteiger partial charge in [-0.25, -0.2) is 0 Å². The molecule has 0 aromatic heterocycles. The topological polar surface area (TPSA) is 133 Å². The number of carbonyl (C=O) groups excluding carboxylic acids is 3. The van der Waals surface area contributed by atoms with Crippen LogP contribution in [0, 0.1) is 21.4 Å². The Morgan fingerprint density at radius 2 is 1.92 bits per heavy atom. The second-order valence-electron chi connectivity index (χ2n) is 5.39. The number of anilines is 1. The van der Waals surface area contributed by atoms with Crippen LogP contribution in [0.2, 0.25) is 0 Å². The van der Waals surface area contributed by atoms with Gasteiger partial charge < -0.3 is 5.32 Å². The second-order valence-corrected chi connectivity index (χ2v) is 5.39. The Balaban J connectivity index is 1.81. The Kier molecular flexibility index (Phi) is 4.16. The molecule has 1 heterocycles. The van der Waals surface area contributed by atoms with E-state index in [0.717, 1.165) is 6.07 Å². The fraction of sp³-hybridized carbons (Fsp3) is 0.0588. The third-order valence-corrected chi connectivity index (χ3v) is 3.75. The lowest BCUT2D eigenvalue weighted by atomic mass is 10.1. The molecule has 9 nitrogen and oxygen atoms in total. The van der Waals surface area contributed by atoms with Gasteiger partial charge in [-0.2, -0.15) is 5.26 Å². The molecular weight excluding hydrogens is 340 g/mol. The zero-order valence-electron chi connectivity index (χ0n) is 13.1. The standard InChI is InChI=1S/C17H10N4O5/c18-8-10-3-1-4-11(7-10)19-14(22)9-20-16(23)12-5-2-6-13(21(25)26)15(12)17(20)24/h1-7H,9H2,(H,19,22). The van der Waals surface area contributed by atoms with E-state index in [1.165, 1.54) is 18.2 Å². The number of rotatable bonds is 4. The predicted molar refractivity (Wildman–Crippen MR) is 88.3 cm³/mol. The summed E-state index contributed by atoms with van der Waals surface area (Å²) in [5, 5.41) is 22.4. The van der Waals surface area contributed by atoms with E-state index >= 15 is 0 Å². The molecule has 128 valence electrons. The van der Waals surface area contributed by atoms with Crippen molar-refractivity contribution in [1.82, 2.24) is 4.90 Å². The molecule has 0 aliphatic carbocycles. The van der Waals surface area contributed by atoms with Gasteiger partial charge in [0.15, 0.2) is 0 Å². The number of amides is 3. The number of nitriles is 1. The van der Waals surface area contributed by atoms with Crippen molar-refractivity contribution < 1.29 is 19.3 Å². The van der Waals surface area contributed by atoms with Gasteiger partial charge in [0, 0.05) is 11.8 Å². The zero-order chi connectivity index (χ0) is 18.8. The Bertz CT molecular complexity index is 1010. The summed E-state index contributed by atoms with van der Waals surface area (Å²) in [5.74, 6) is -2.33. The second kappa shape index (κ2) is 6.45. The van der Waals surface area contributed by atoms with Crippen LogP contribution in [0.15, 0.2) is 42.5 Å². The maximum absolute atomic E-state index is 12.4. The number of benzene rings is 2. The minimum Gasteiger partial charge on any atom is -0.324 e. The lowest BCUT2D eigenvalue weighted by Gasteiger charge is -2.13. The molecule has 3 amide bonds. The summed E-state index contributed by atoms with van der Waals surface area (Å²) in [6, 6.07) is 11.8. The van der Waals surface area contributed by atoms with E-state index in [1.807, 2.05) is 6.07 Å². The minimum absolute atomic E-state index is 0.108. The SMILES string of the molecule is N#Cc1cccc(NC(=O)CN2C(=O)c3cccc([N+](=O)[O-])c3C2=O)c1. The van der Waals surface area contributed by atoms with Crippen molar-refractivity contribution in [3.05, 3.63) is 69.3 Å². The number of nitro groups is 1. The van der Waals surface area contributed by atoms with Crippen molar-refractivity contribution in [2.45, 2.75) is 0 Å². The van der Waals surface area contributed by atoms with Crippen molar-refractivity contribution in [2.75, 3.05) is 11.9 Å². The Hall–Kier alpha value is -4.06. The molecule has 0 unspecified atom stereocenters. The fourth-order valence-electron chi connectivity index (χ4n) is 2.62. The van der Waals surface area contributed by atoms with Gasteiger partial charge in [-0.05, 0) is 24.3 Å². The van der Waals surface area contributed by atoms with Gasteiger partial charge in [0.1, 0.15) is 12.1 Å². The van der Waals surface area contributed by atoms with Crippen LogP contribution in [0.25, 0.3) is 0 Å². The van der Waals surface area contributed by atoms with Gasteiger partial charge in [0.2, 0.25) is 5.91 Å². The Morgan fingerprint density at radius 1 is 1.19 bits per heavy atom. The van der Waals surface area contributed by atoms with Crippen LogP contribution in [-0.4, -0.2) is 34.1 Å². The molecule has 1 aliphatic rings. The number of nitro benzene ring substituents is 1. The van der Waals surface area contributed by atoms with Crippen LogP contribution in [0.3, 0.4) is 0 Å². The van der Waals surface area contributed by atoms with E-state index < -0.39 is 34.9 Å². The third-order valence-electron chi connectivity index (χ3n) is 3.75. The molecule has 9 heteroatoms. The number of hydrogen-bond acceptors (Lipinski definition) is 6. The van der Waals surface area contributed by atoms with Crippen molar-refractivity contribution >= 4 is 29.1 Å². The molecule has 1 aliphatic heterocycles. The van der Waals surface area contributed by atoms with Crippen molar-refractivity contribution in [2.24, 2.45) is 0 Å². The summed E-state index contributed by atoms with van der Waals surface area (Å²) in [6.45, 7) is -0.597. The van der Waals surface area contributed by atoms with E-state index in [-0.39, 0.29) is 11.1 Å². The lowest BCUT2D eigenvalue weighted by molar-refractivity contribution is -0.385. The van der Waals surface area contributed by atoms with Gasteiger partial charge in [0.25, 0.3) is 17.5 Å². The van der Waals surface area contributed by atoms with E-state index in [2.05, 4.69) is 5.32 Å². The smallest absolute Gasteiger partial charge is 0.282 e. The first-order chi connectivity index (χ1) is 12.4. The summed E-state index contributed by atoms with van der Waals surface area (Å²) in [6.07, 6.45) is 0. The predicted octanol–water partition coefficient (Wildman–Crippen LogP) is 1.70. The third kappa shape index (κ3) is 2.87. The molecule has 2 aromatic rings. The van der Waals surface area contributed by atoms with Crippen molar-refractivity contribution in [3.63, 3.8) is 0 Å². The fourth-order valence-corrected chi connectivity index (χ4v) is 2.62. The molecule has 0 spiro atoms. The number of nitrogens with zero attached hydrogens (tertiary/aromatic N) is 3. The molecule has 0 atom stereocenters. The van der Waals surface area contributed by atoms with Gasteiger partial charge in [-0.1, -0.05) is 12.1 Å². The van der Waals surface area contributed by atoms with E-state index in [1.54, 1.807) is 18.2 Å². The van der Waals surface area contributed by atoms with Crippen LogP contribution in [0.1, 0.15) is 26.3 Å². The van der Waals surface area contributed by atoms with E-state index in [4.69, 9.17) is 5.26 Å². The quantitative estimate of drug-likeness (QED) is 0.507. The highest BCUT2D eigenvalue weighted by atomic mass is 16.6. The van der Waals surface area contributed by atoms with E-state index in [0.29, 0.717) is 16.2 Å². The first-order valence-electron chi connectivity index (χ1n) is 7.36. The number of carbonyl (C=O) groups is 3. The Labute approximate surface area is 146 Å². The van der Waals surface area contributed by atoms with Gasteiger partial charge in [-0.3, -0.25) is 29.4 Å².